The van der Waals surface area contributed by atoms with E-state index in [0.717, 1.165) is 244 Å². The molecule has 0 unspecified atom stereocenters. The van der Waals surface area contributed by atoms with Crippen LogP contribution in [0.5, 0.6) is 23.0 Å². The van der Waals surface area contributed by atoms with Crippen molar-refractivity contribution >= 4 is 135 Å². The molecule has 4 aliphatic rings. The van der Waals surface area contributed by atoms with Gasteiger partial charge >= 0.3 is 7.82 Å². The number of aryl methyl sites for hydroxylation is 8. The van der Waals surface area contributed by atoms with Crippen molar-refractivity contribution in [3.63, 3.8) is 0 Å². The number of aliphatic hydroxyl groups excluding tert-OH is 1. The van der Waals surface area contributed by atoms with Crippen molar-refractivity contribution in [1.82, 2.24) is 88.7 Å². The van der Waals surface area contributed by atoms with Crippen molar-refractivity contribution in [3.8, 4) is 67.5 Å². The smallest absolute Gasteiger partial charge is 0.469 e. The van der Waals surface area contributed by atoms with E-state index in [1.165, 1.54) is 0 Å². The van der Waals surface area contributed by atoms with Crippen LogP contribution in [0.25, 0.3) is 132 Å². The number of nitrogens with zero attached hydrogens (tertiary/aromatic N) is 14. The number of phosphoric ester groups is 1. The molecule has 4 saturated carbocycles. The lowest BCUT2D eigenvalue weighted by atomic mass is 9.99. The third-order valence-electron chi connectivity index (χ3n) is 26.7. The van der Waals surface area contributed by atoms with Crippen LogP contribution in [-0.4, -0.2) is 185 Å². The van der Waals surface area contributed by atoms with E-state index in [-0.39, 0.29) is 34.2 Å². The van der Waals surface area contributed by atoms with Gasteiger partial charge in [0, 0.05) is 119 Å². The zero-order valence-corrected chi connectivity index (χ0v) is 85.5. The van der Waals surface area contributed by atoms with Crippen LogP contribution in [0, 0.1) is 27.7 Å². The van der Waals surface area contributed by atoms with Crippen molar-refractivity contribution in [1.29, 1.82) is 0 Å². The van der Waals surface area contributed by atoms with Gasteiger partial charge in [-0.1, -0.05) is 53.7 Å². The van der Waals surface area contributed by atoms with E-state index in [1.54, 1.807) is 108 Å². The number of aliphatic hydroxyl groups is 1. The van der Waals surface area contributed by atoms with E-state index < -0.39 is 47.2 Å². The minimum absolute atomic E-state index is 0.0723. The quantitative estimate of drug-likeness (QED) is 0.0142. The molecule has 760 valence electrons. The summed E-state index contributed by atoms with van der Waals surface area (Å²) in [6, 6.07) is 53.0. The van der Waals surface area contributed by atoms with Crippen molar-refractivity contribution < 1.29 is 76.6 Å². The molecule has 0 amide bonds. The van der Waals surface area contributed by atoms with Gasteiger partial charge < -0.3 is 67.5 Å². The molecule has 0 saturated heterocycles. The van der Waals surface area contributed by atoms with E-state index >= 15 is 0 Å². The Morgan fingerprint density at radius 2 is 0.669 bits per heavy atom. The van der Waals surface area contributed by atoms with Crippen molar-refractivity contribution in [2.24, 2.45) is 0 Å². The first-order valence-corrected chi connectivity index (χ1v) is 56.8. The summed E-state index contributed by atoms with van der Waals surface area (Å²) in [5.74, 6) is 2.85. The summed E-state index contributed by atoms with van der Waals surface area (Å²) in [5, 5.41) is 31.4. The second-order valence-corrected chi connectivity index (χ2v) is 48.1. The van der Waals surface area contributed by atoms with Gasteiger partial charge in [0.2, 0.25) is 0 Å². The van der Waals surface area contributed by atoms with Crippen LogP contribution < -0.4 is 18.9 Å². The Balaban J connectivity index is 0.000000116. The molecule has 20 aromatic rings. The lowest BCUT2D eigenvalue weighted by molar-refractivity contribution is 0.187. The summed E-state index contributed by atoms with van der Waals surface area (Å²) in [6.45, 7) is 12.4. The van der Waals surface area contributed by atoms with E-state index in [4.69, 9.17) is 28.7 Å². The van der Waals surface area contributed by atoms with E-state index in [1.807, 2.05) is 159 Å². The number of H-pyrrole nitrogens is 4. The van der Waals surface area contributed by atoms with Crippen LogP contribution in [0.15, 0.2) is 264 Å². The number of aromatic amines is 4. The van der Waals surface area contributed by atoms with E-state index in [0.29, 0.717) is 94.6 Å². The number of nitrogens with one attached hydrogen (secondary N) is 4. The van der Waals surface area contributed by atoms with Gasteiger partial charge in [0.05, 0.1) is 126 Å². The van der Waals surface area contributed by atoms with Crippen LogP contribution in [0.2, 0.25) is 0 Å². The second-order valence-electron chi connectivity index (χ2n) is 38.0. The van der Waals surface area contributed by atoms with Crippen molar-refractivity contribution in [2.75, 3.05) is 26.4 Å². The molecule has 0 aliphatic heterocycles. The van der Waals surface area contributed by atoms with Crippen LogP contribution in [0.1, 0.15) is 111 Å². The Kier molecular flexibility index (Phi) is 27.9. The average Bonchev–Trinajstić information content (AvgIpc) is 1.58. The number of phosphoric acid groups is 1. The van der Waals surface area contributed by atoms with E-state index in [9.17, 15) is 43.3 Å². The highest BCUT2D eigenvalue weighted by Crippen LogP contribution is 2.48. The molecular formula is C108H107N18O17PS4. The Morgan fingerprint density at radius 3 is 0.959 bits per heavy atom. The van der Waals surface area contributed by atoms with Crippen LogP contribution >= 0.6 is 7.82 Å². The first kappa shape index (κ1) is 99.3. The fourth-order valence-electron chi connectivity index (χ4n) is 18.7. The largest absolute Gasteiger partial charge is 0.491 e. The summed E-state index contributed by atoms with van der Waals surface area (Å²) in [6.07, 6.45) is 29.8. The van der Waals surface area contributed by atoms with Gasteiger partial charge in [-0.25, -0.2) is 68.1 Å². The fourth-order valence-corrected chi connectivity index (χ4v) is 25.8. The van der Waals surface area contributed by atoms with Crippen molar-refractivity contribution in [3.05, 3.63) is 278 Å². The van der Waals surface area contributed by atoms with Gasteiger partial charge in [0.1, 0.15) is 64.8 Å². The molecule has 4 aliphatic carbocycles. The minimum atomic E-state index is -4.55. The predicted molar refractivity (Wildman–Crippen MR) is 564 cm³/mol. The predicted octanol–water partition coefficient (Wildman–Crippen LogP) is 19.1. The number of ether oxygens (including phenoxy) is 4. The SMILES string of the molecule is Cc1cnc2[nH]c3c(OCCCn4ccnn4)ccc(-c4cccc(S(=O)(=O)C5CC5)c4)c3c2c1.Cc1cnc2[nH]c3c(OCCCn4cnc(CO)c4)ccc(-c4cccc(S(=O)(=O)C5CC5)c4)c3c2c1.Cc1cnc2[nH]c3c(OCCCn4cnc(COP(=O)(O)O)c4)ccc(-c4cccc(S(=O)(=O)C5CC5)c4)c3c2c1.Cc1cnc2[nH]c3c(OCCCn4cnnc4)ccc(-c4cccc(S(=O)(=O)C5CC5)c4)c3c2c1. The summed E-state index contributed by atoms with van der Waals surface area (Å²) >= 11 is 0. The monoisotopic (exact) mass is 2090 g/mol. The fraction of sp³-hybridized carbons (Fsp3) is 0.278. The number of pyridine rings is 4. The maximum Gasteiger partial charge on any atom is 0.469 e. The molecule has 0 bridgehead atoms. The highest BCUT2D eigenvalue weighted by molar-refractivity contribution is 7.93. The van der Waals surface area contributed by atoms with Gasteiger partial charge in [0.15, 0.2) is 39.3 Å². The Hall–Kier alpha value is -14.7. The first-order valence-electron chi connectivity index (χ1n) is 49.0. The molecule has 4 fully saturated rings. The van der Waals surface area contributed by atoms with Gasteiger partial charge in [-0.05, 0) is 286 Å². The van der Waals surface area contributed by atoms with Gasteiger partial charge in [-0.3, -0.25) is 9.21 Å². The standard InChI is InChI=1S/C28H29N4O7PS.C28H28N4O4S.2C26H25N5O3S/c1-18-12-24-26-23(19-4-2-5-22(13-19)41(36,37)21-6-7-21)8-9-25(27(26)31-28(24)29-14-18)38-11-3-10-32-15-20(30-17-32)16-39-40(33,34)35;1-18-12-24-26-23(19-4-2-5-22(13-19)37(34,35)21-6-7-21)8-9-25(27(26)31-28(24)29-14-18)36-11-3-10-32-15-20(16-33)30-17-32;1-17-14-22-24-21(18-4-2-5-20(15-18)35(32,33)19-6-7-19)8-9-23(25(24)29-26(22)27-16-17)34-13-3-11-31-12-10-28-30-31;1-17-12-22-24-21(18-4-2-5-20(13-18)35(32,33)19-6-7-19)8-9-23(25(24)30-26(22)27-14-17)34-11-3-10-31-15-28-29-16-31/h2,4-5,8-9,12-15,17,21H,3,6-7,10-11,16H2,1H3,(H,29,31)(H2,33,34,35);2,4-5,8-9,12-15,17,21,33H,3,6-7,10-11,16H2,1H3,(H,29,31);2,4-5,8-10,12,14-16,19H,3,6-7,11,13H2,1H3,(H,27,29);2,4-5,8-9,12-16,19H,3,6-7,10-11H2,1H3,(H,27,30). The number of benzene rings is 8. The van der Waals surface area contributed by atoms with Gasteiger partial charge in [0.25, 0.3) is 0 Å². The van der Waals surface area contributed by atoms with E-state index in [2.05, 4.69) is 99.1 Å². The first-order chi connectivity index (χ1) is 71.5. The van der Waals surface area contributed by atoms with Crippen LogP contribution in [-0.2, 0) is 87.8 Å². The highest BCUT2D eigenvalue weighted by atomic mass is 32.2. The molecule has 12 heterocycles. The Labute approximate surface area is 851 Å². The maximum atomic E-state index is 12.9. The normalized spacial score (nSPS) is 14.1. The minimum Gasteiger partial charge on any atom is -0.491 e. The maximum absolute atomic E-state index is 12.9. The number of aromatic nitrogens is 18. The summed E-state index contributed by atoms with van der Waals surface area (Å²) in [5.41, 5.74) is 18.7. The molecule has 148 heavy (non-hydrogen) atoms. The number of fused-ring (bicyclic) bond motifs is 12. The molecule has 40 heteroatoms. The summed E-state index contributed by atoms with van der Waals surface area (Å²) < 4.78 is 151. The molecule has 35 nitrogen and oxygen atoms in total. The van der Waals surface area contributed by atoms with Gasteiger partial charge in [-0.2, -0.15) is 0 Å². The highest BCUT2D eigenvalue weighted by Gasteiger charge is 2.41. The third kappa shape index (κ3) is 21.6. The number of sulfone groups is 4. The lowest BCUT2D eigenvalue weighted by Gasteiger charge is -2.12. The summed E-state index contributed by atoms with van der Waals surface area (Å²) in [4.78, 5) is 59.5. The molecule has 12 aromatic heterocycles. The zero-order valence-electron chi connectivity index (χ0n) is 81.4. The van der Waals surface area contributed by atoms with Gasteiger partial charge in [-0.15, -0.1) is 15.3 Å². The zero-order chi connectivity index (χ0) is 102. The summed E-state index contributed by atoms with van der Waals surface area (Å²) in [7, 11) is -17.8. The molecule has 0 atom stereocenters. The molecular weight excluding hydrogens is 1980 g/mol. The van der Waals surface area contributed by atoms with Crippen LogP contribution in [0.4, 0.5) is 0 Å². The Morgan fingerprint density at radius 1 is 0.365 bits per heavy atom. The van der Waals surface area contributed by atoms with Crippen LogP contribution in [0.3, 0.4) is 0 Å². The molecule has 0 radical (unpaired) electrons. The molecule has 7 N–H and O–H groups in total. The Bertz CT molecular complexity index is 8710. The molecule has 24 rings (SSSR count). The number of rotatable bonds is 36. The second kappa shape index (κ2) is 41.6. The average molecular weight is 2090 g/mol. The molecule has 8 aromatic carbocycles. The van der Waals surface area contributed by atoms with Crippen molar-refractivity contribution in [2.45, 2.75) is 185 Å². The lowest BCUT2D eigenvalue weighted by Crippen LogP contribution is -2.07. The number of hydrogen-bond donors (Lipinski definition) is 7. The number of hydrogen-bond acceptors (Lipinski definition) is 25. The molecule has 0 spiro atoms. The third-order valence-corrected chi connectivity index (χ3v) is 36.2. The number of imidazole rings is 2. The topological polar surface area (TPSA) is 472 Å².